The third kappa shape index (κ3) is 8.06. The maximum atomic E-state index is 16.4. The molecule has 4 amide bonds. The number of imide groups is 1. The summed E-state index contributed by atoms with van der Waals surface area (Å²) in [6, 6.07) is 24.2. The highest BCUT2D eigenvalue weighted by atomic mass is 16.6. The topological polar surface area (TPSA) is 175 Å². The van der Waals surface area contributed by atoms with Crippen LogP contribution in [0.1, 0.15) is 98.4 Å². The standard InChI is InChI=1S/C52H54N4O9/c1-5-30-53-46(58)40-43-48(60)65-44(35-18-12-9-13-19-35)42(34-16-10-8-11-17-34)56(43)45(36-21-23-37(57)24-22-36)52(40)38-31-33(26-29-51(63)27-14-6-7-15-28-51)20-25-39(38)55(49(52)61)50(62)54-41(32(2)3)47(59)64-4/h5,8-13,16-25,31-32,40-45,57,63H,1,6-7,14-15,27-28,30H2,2-4H3,(H,53,58)(H,54,62)/t40-,41-,42-,43-,44+,45+,52-/m0/s1. The zero-order chi connectivity index (χ0) is 46.0. The van der Waals surface area contributed by atoms with Crippen LogP contribution >= 0.6 is 0 Å². The quantitative estimate of drug-likeness (QED) is 0.0613. The summed E-state index contributed by atoms with van der Waals surface area (Å²) in [4.78, 5) is 77.6. The maximum absolute atomic E-state index is 16.4. The Morgan fingerprint density at radius 1 is 0.892 bits per heavy atom. The van der Waals surface area contributed by atoms with Crippen molar-refractivity contribution < 1.29 is 43.7 Å². The lowest BCUT2D eigenvalue weighted by atomic mass is 9.65. The first-order chi connectivity index (χ1) is 31.3. The third-order valence-corrected chi connectivity index (χ3v) is 13.3. The predicted molar refractivity (Wildman–Crippen MR) is 242 cm³/mol. The van der Waals surface area contributed by atoms with E-state index < -0.39 is 82.9 Å². The Labute approximate surface area is 378 Å². The van der Waals surface area contributed by atoms with Gasteiger partial charge in [0.2, 0.25) is 11.8 Å². The van der Waals surface area contributed by atoms with Gasteiger partial charge in [-0.2, -0.15) is 0 Å². The maximum Gasteiger partial charge on any atom is 0.329 e. The van der Waals surface area contributed by atoms with Gasteiger partial charge in [0, 0.05) is 12.1 Å². The fraction of sp³-hybridized carbons (Fsp3) is 0.365. The smallest absolute Gasteiger partial charge is 0.329 e. The van der Waals surface area contributed by atoms with Gasteiger partial charge in [0.05, 0.1) is 30.8 Å². The van der Waals surface area contributed by atoms with Gasteiger partial charge in [0.1, 0.15) is 35.0 Å². The highest BCUT2D eigenvalue weighted by Crippen LogP contribution is 2.66. The lowest BCUT2D eigenvalue weighted by Crippen LogP contribution is -2.57. The molecule has 3 fully saturated rings. The zero-order valence-corrected chi connectivity index (χ0v) is 36.7. The molecular formula is C52H54N4O9. The number of hydrogen-bond acceptors (Lipinski definition) is 10. The van der Waals surface area contributed by atoms with Crippen LogP contribution in [0.2, 0.25) is 0 Å². The molecule has 0 bridgehead atoms. The van der Waals surface area contributed by atoms with E-state index in [-0.39, 0.29) is 23.5 Å². The molecule has 0 radical (unpaired) electrons. The van der Waals surface area contributed by atoms with Crippen molar-refractivity contribution in [2.24, 2.45) is 11.8 Å². The first-order valence-electron chi connectivity index (χ1n) is 22.2. The molecule has 3 heterocycles. The summed E-state index contributed by atoms with van der Waals surface area (Å²) in [5.41, 5.74) is -0.771. The first kappa shape index (κ1) is 44.8. The number of cyclic esters (lactones) is 1. The molecule has 8 rings (SSSR count). The number of aliphatic hydroxyl groups is 1. The second-order valence-electron chi connectivity index (χ2n) is 17.7. The van der Waals surface area contributed by atoms with Crippen LogP contribution < -0.4 is 15.5 Å². The van der Waals surface area contributed by atoms with E-state index in [1.807, 2.05) is 65.6 Å². The van der Waals surface area contributed by atoms with Gasteiger partial charge < -0.3 is 30.3 Å². The van der Waals surface area contributed by atoms with Crippen LogP contribution in [0.15, 0.2) is 116 Å². The van der Waals surface area contributed by atoms with E-state index in [1.54, 1.807) is 44.2 Å². The van der Waals surface area contributed by atoms with Crippen LogP contribution in [0.25, 0.3) is 0 Å². The second kappa shape index (κ2) is 18.4. The molecule has 0 unspecified atom stereocenters. The number of anilines is 1. The molecule has 7 atom stereocenters. The fourth-order valence-electron chi connectivity index (χ4n) is 10.4. The Kier molecular flexibility index (Phi) is 12.7. The second-order valence-corrected chi connectivity index (χ2v) is 17.7. The van der Waals surface area contributed by atoms with Crippen LogP contribution in [-0.2, 0) is 34.1 Å². The monoisotopic (exact) mass is 878 g/mol. The summed E-state index contributed by atoms with van der Waals surface area (Å²) in [5, 5.41) is 27.9. The van der Waals surface area contributed by atoms with Crippen molar-refractivity contribution in [1.29, 1.82) is 0 Å². The van der Waals surface area contributed by atoms with Crippen LogP contribution in [0.5, 0.6) is 5.75 Å². The van der Waals surface area contributed by atoms with Crippen LogP contribution in [-0.4, -0.2) is 76.2 Å². The van der Waals surface area contributed by atoms with Gasteiger partial charge in [0.25, 0.3) is 0 Å². The van der Waals surface area contributed by atoms with Crippen LogP contribution in [0, 0.1) is 23.7 Å². The molecule has 4 aliphatic rings. The zero-order valence-electron chi connectivity index (χ0n) is 36.7. The Hall–Kier alpha value is -6.75. The molecule has 4 aromatic rings. The number of phenolic OH excluding ortho intramolecular Hbond substituents is 1. The average molecular weight is 879 g/mol. The number of rotatable bonds is 9. The SMILES string of the molecule is C=CCNC(=O)[C@@H]1[C@H]2C(=O)O[C@H](c3ccccc3)[C@H](c3ccccc3)N2[C@H](c2ccc(O)cc2)[C@@]12C(=O)N(C(=O)N[C@H](C(=O)OC)C(C)C)c1ccc(C#CC3(O)CCCCCC3)cc12. The Morgan fingerprint density at radius 2 is 1.54 bits per heavy atom. The highest BCUT2D eigenvalue weighted by molar-refractivity contribution is 6.25. The summed E-state index contributed by atoms with van der Waals surface area (Å²) in [6.07, 6.45) is 5.15. The van der Waals surface area contributed by atoms with E-state index in [9.17, 15) is 19.8 Å². The molecule has 1 saturated carbocycles. The number of methoxy groups -OCH3 is 1. The van der Waals surface area contributed by atoms with Gasteiger partial charge in [-0.3, -0.25) is 19.3 Å². The lowest BCUT2D eigenvalue weighted by Gasteiger charge is -2.46. The van der Waals surface area contributed by atoms with Gasteiger partial charge in [-0.15, -0.1) is 6.58 Å². The molecule has 1 spiro atoms. The molecule has 13 heteroatoms. The van der Waals surface area contributed by atoms with E-state index in [2.05, 4.69) is 29.1 Å². The third-order valence-electron chi connectivity index (χ3n) is 13.3. The van der Waals surface area contributed by atoms with Crippen LogP contribution in [0.3, 0.4) is 0 Å². The number of nitrogens with one attached hydrogen (secondary N) is 2. The summed E-state index contributed by atoms with van der Waals surface area (Å²) in [5.74, 6) is 1.22. The number of phenols is 1. The van der Waals surface area contributed by atoms with Crippen molar-refractivity contribution in [3.63, 3.8) is 0 Å². The molecule has 65 heavy (non-hydrogen) atoms. The van der Waals surface area contributed by atoms with Crippen molar-refractivity contribution in [1.82, 2.24) is 15.5 Å². The number of benzene rings is 4. The average Bonchev–Trinajstić information content (AvgIpc) is 3.65. The van der Waals surface area contributed by atoms with Gasteiger partial charge in [-0.05, 0) is 84.2 Å². The molecule has 1 aliphatic carbocycles. The van der Waals surface area contributed by atoms with Gasteiger partial charge in [-0.25, -0.2) is 14.5 Å². The van der Waals surface area contributed by atoms with Crippen molar-refractivity contribution >= 4 is 35.5 Å². The number of carbonyl (C=O) groups excluding carboxylic acids is 5. The molecular weight excluding hydrogens is 825 g/mol. The molecule has 336 valence electrons. The van der Waals surface area contributed by atoms with Crippen LogP contribution in [0.4, 0.5) is 10.5 Å². The number of hydrogen-bond donors (Lipinski definition) is 4. The van der Waals surface area contributed by atoms with Crippen molar-refractivity contribution in [3.05, 3.63) is 144 Å². The van der Waals surface area contributed by atoms with E-state index in [0.717, 1.165) is 36.1 Å². The minimum Gasteiger partial charge on any atom is -0.508 e. The minimum atomic E-state index is -2.09. The number of morpholine rings is 1. The predicted octanol–water partition coefficient (Wildman–Crippen LogP) is 6.70. The van der Waals surface area contributed by atoms with E-state index >= 15 is 14.4 Å². The molecule has 2 saturated heterocycles. The number of urea groups is 1. The molecule has 4 aromatic carbocycles. The Balaban J connectivity index is 1.44. The number of nitrogens with zero attached hydrogens (tertiary/aromatic N) is 2. The van der Waals surface area contributed by atoms with E-state index in [4.69, 9.17) is 9.47 Å². The Morgan fingerprint density at radius 3 is 2.15 bits per heavy atom. The van der Waals surface area contributed by atoms with Gasteiger partial charge in [-0.1, -0.05) is 117 Å². The summed E-state index contributed by atoms with van der Waals surface area (Å²) >= 11 is 0. The molecule has 0 aromatic heterocycles. The van der Waals surface area contributed by atoms with E-state index in [0.29, 0.717) is 29.5 Å². The largest absolute Gasteiger partial charge is 0.508 e. The first-order valence-corrected chi connectivity index (χ1v) is 22.2. The number of amides is 4. The van der Waals surface area contributed by atoms with E-state index in [1.165, 1.54) is 25.3 Å². The number of esters is 2. The summed E-state index contributed by atoms with van der Waals surface area (Å²) in [7, 11) is 1.21. The van der Waals surface area contributed by atoms with Crippen molar-refractivity contribution in [3.8, 4) is 17.6 Å². The minimum absolute atomic E-state index is 0.0175. The number of aromatic hydroxyl groups is 1. The summed E-state index contributed by atoms with van der Waals surface area (Å²) < 4.78 is 11.5. The Bertz CT molecular complexity index is 2530. The molecule has 13 nitrogen and oxygen atoms in total. The van der Waals surface area contributed by atoms with Crippen molar-refractivity contribution in [2.75, 3.05) is 18.6 Å². The number of ether oxygens (including phenoxy) is 2. The molecule has 3 aliphatic heterocycles. The van der Waals surface area contributed by atoms with Gasteiger partial charge in [0.15, 0.2) is 0 Å². The summed E-state index contributed by atoms with van der Waals surface area (Å²) in [6.45, 7) is 7.24. The van der Waals surface area contributed by atoms with Crippen molar-refractivity contribution in [2.45, 2.75) is 93.7 Å². The van der Waals surface area contributed by atoms with Gasteiger partial charge >= 0.3 is 18.0 Å². The fourth-order valence-corrected chi connectivity index (χ4v) is 10.4. The number of carbonyl (C=O) groups is 5. The molecule has 4 N–H and O–H groups in total. The number of fused-ring (bicyclic) bond motifs is 3. The normalized spacial score (nSPS) is 25.0. The lowest BCUT2D eigenvalue weighted by molar-refractivity contribution is -0.178. The highest BCUT2D eigenvalue weighted by Gasteiger charge is 2.75.